The second-order valence-electron chi connectivity index (χ2n) is 16.6. The molecule has 4 N–H and O–H groups in total. The Kier molecular flexibility index (Phi) is 11.7. The standard InChI is InChI=1S/C44H52N10O6S/c1-27(2)33-18-34(37(56)19-36(33)55)42(57)54-23-29-5-4-28(16-30(29)24-54)22-50-6-3-7-53(9-8-50)43(58)38-26-51(10-15-60-38)25-32-17-35-39(61-32)41(52-11-13-59-14-12-52)49-40(48-35)31-20-46-44(45)47-21-31/h4-5,16-21,27,38,55-56H,3,6-15,22-26H2,1-2H3,(H2,45,46,47)/t38-/m0/s1. The molecular formula is C44H52N10O6S. The number of nitrogens with zero attached hydrogens (tertiary/aromatic N) is 9. The maximum Gasteiger partial charge on any atom is 0.258 e. The van der Waals surface area contributed by atoms with Gasteiger partial charge in [0.25, 0.3) is 11.8 Å². The third-order valence-corrected chi connectivity index (χ3v) is 13.1. The number of morpholine rings is 2. The van der Waals surface area contributed by atoms with Gasteiger partial charge in [-0.25, -0.2) is 19.9 Å². The van der Waals surface area contributed by atoms with Crippen molar-refractivity contribution >= 4 is 45.1 Å². The molecule has 7 heterocycles. The number of thiophene rings is 1. The summed E-state index contributed by atoms with van der Waals surface area (Å²) < 4.78 is 12.8. The summed E-state index contributed by atoms with van der Waals surface area (Å²) in [5, 5.41) is 20.8. The van der Waals surface area contributed by atoms with E-state index in [-0.39, 0.29) is 40.7 Å². The van der Waals surface area contributed by atoms with Crippen LogP contribution >= 0.6 is 11.3 Å². The summed E-state index contributed by atoms with van der Waals surface area (Å²) in [7, 11) is 0. The zero-order valence-electron chi connectivity index (χ0n) is 34.6. The van der Waals surface area contributed by atoms with Gasteiger partial charge < -0.3 is 40.1 Å². The lowest BCUT2D eigenvalue weighted by Crippen LogP contribution is -2.51. The monoisotopic (exact) mass is 848 g/mol. The normalized spacial score (nSPS) is 19.1. The van der Waals surface area contributed by atoms with E-state index in [1.165, 1.54) is 6.07 Å². The highest BCUT2D eigenvalue weighted by molar-refractivity contribution is 7.19. The van der Waals surface area contributed by atoms with E-state index in [2.05, 4.69) is 48.9 Å². The van der Waals surface area contributed by atoms with Crippen LogP contribution in [0.4, 0.5) is 11.8 Å². The summed E-state index contributed by atoms with van der Waals surface area (Å²) in [4.78, 5) is 57.5. The van der Waals surface area contributed by atoms with E-state index in [9.17, 15) is 19.8 Å². The Balaban J connectivity index is 0.810. The van der Waals surface area contributed by atoms with Crippen LogP contribution in [0.2, 0.25) is 0 Å². The Hall–Kier alpha value is -5.46. The van der Waals surface area contributed by atoms with E-state index >= 15 is 0 Å². The SMILES string of the molecule is CC(C)c1cc(C(=O)N2Cc3ccc(CN4CCCN(C(=O)[C@@H]5CN(Cc6cc7nc(-c8cnc(N)nc8)nc(N8CCOCC8)c7s6)CCO5)CC4)cc3C2)c(O)cc1O. The number of hydrogen-bond donors (Lipinski definition) is 3. The fourth-order valence-electron chi connectivity index (χ4n) is 8.73. The first kappa shape index (κ1) is 40.9. The molecule has 5 aromatic rings. The predicted molar refractivity (Wildman–Crippen MR) is 231 cm³/mol. The van der Waals surface area contributed by atoms with Gasteiger partial charge in [-0.05, 0) is 46.7 Å². The molecule has 0 unspecified atom stereocenters. The maximum absolute atomic E-state index is 14.0. The molecule has 3 fully saturated rings. The number of carbonyl (C=O) groups excluding carboxylic acids is 2. The fourth-order valence-corrected chi connectivity index (χ4v) is 9.88. The quantitative estimate of drug-likeness (QED) is 0.192. The molecule has 0 radical (unpaired) electrons. The molecule has 61 heavy (non-hydrogen) atoms. The number of ether oxygens (including phenoxy) is 2. The van der Waals surface area contributed by atoms with Crippen LogP contribution in [0, 0.1) is 0 Å². The molecule has 2 aromatic carbocycles. The lowest BCUT2D eigenvalue weighted by molar-refractivity contribution is -0.149. The van der Waals surface area contributed by atoms with E-state index in [1.54, 1.807) is 34.7 Å². The second kappa shape index (κ2) is 17.5. The number of phenols is 2. The van der Waals surface area contributed by atoms with E-state index in [0.29, 0.717) is 76.0 Å². The average Bonchev–Trinajstić information content (AvgIpc) is 3.80. The highest BCUT2D eigenvalue weighted by atomic mass is 32.1. The lowest BCUT2D eigenvalue weighted by Gasteiger charge is -2.34. The van der Waals surface area contributed by atoms with Crippen LogP contribution in [0.25, 0.3) is 21.6 Å². The number of carbonyl (C=O) groups is 2. The Labute approximate surface area is 358 Å². The first-order valence-corrected chi connectivity index (χ1v) is 21.9. The molecule has 0 bridgehead atoms. The third-order valence-electron chi connectivity index (χ3n) is 12.0. The average molecular weight is 849 g/mol. The number of fused-ring (bicyclic) bond motifs is 2. The minimum atomic E-state index is -0.529. The minimum absolute atomic E-state index is 0.00504. The third kappa shape index (κ3) is 8.84. The molecule has 4 aliphatic heterocycles. The van der Waals surface area contributed by atoms with Gasteiger partial charge in [0.05, 0.1) is 41.2 Å². The molecule has 320 valence electrons. The van der Waals surface area contributed by atoms with Gasteiger partial charge in [0.2, 0.25) is 5.95 Å². The number of phenolic OH excluding ortho intramolecular Hbond substituents is 2. The smallest absolute Gasteiger partial charge is 0.258 e. The van der Waals surface area contributed by atoms with Crippen molar-refractivity contribution in [1.29, 1.82) is 0 Å². The molecule has 9 rings (SSSR count). The van der Waals surface area contributed by atoms with Gasteiger partial charge in [-0.3, -0.25) is 19.4 Å². The number of amides is 2. The summed E-state index contributed by atoms with van der Waals surface area (Å²) in [6.45, 7) is 13.6. The fraction of sp³-hybridized carbons (Fsp3) is 0.455. The molecule has 17 heteroatoms. The Bertz CT molecular complexity index is 2420. The van der Waals surface area contributed by atoms with Gasteiger partial charge in [0.1, 0.15) is 17.6 Å². The highest BCUT2D eigenvalue weighted by Crippen LogP contribution is 2.37. The number of aromatic hydroxyl groups is 2. The van der Waals surface area contributed by atoms with Crippen LogP contribution in [0.15, 0.2) is 48.8 Å². The number of nitrogens with two attached hydrogens (primary N) is 1. The van der Waals surface area contributed by atoms with Crippen molar-refractivity contribution in [2.45, 2.75) is 58.5 Å². The Morgan fingerprint density at radius 2 is 1.66 bits per heavy atom. The van der Waals surface area contributed by atoms with Gasteiger partial charge >= 0.3 is 0 Å². The van der Waals surface area contributed by atoms with E-state index in [1.807, 2.05) is 18.7 Å². The summed E-state index contributed by atoms with van der Waals surface area (Å²) in [6.07, 6.45) is 3.63. The van der Waals surface area contributed by atoms with Gasteiger partial charge in [-0.1, -0.05) is 32.0 Å². The van der Waals surface area contributed by atoms with Crippen molar-refractivity contribution in [2.24, 2.45) is 0 Å². The van der Waals surface area contributed by atoms with Crippen LogP contribution in [0.1, 0.15) is 63.7 Å². The summed E-state index contributed by atoms with van der Waals surface area (Å²) in [6, 6.07) is 11.4. The van der Waals surface area contributed by atoms with Crippen molar-refractivity contribution in [3.8, 4) is 22.9 Å². The zero-order valence-corrected chi connectivity index (χ0v) is 35.4. The van der Waals surface area contributed by atoms with Crippen molar-refractivity contribution in [1.82, 2.24) is 39.5 Å². The van der Waals surface area contributed by atoms with E-state index in [0.717, 1.165) is 83.3 Å². The summed E-state index contributed by atoms with van der Waals surface area (Å²) in [5.74, 6) is 1.20. The van der Waals surface area contributed by atoms with Crippen LogP contribution in [-0.2, 0) is 40.4 Å². The number of rotatable bonds is 9. The number of anilines is 2. The van der Waals surface area contributed by atoms with E-state index in [4.69, 9.17) is 25.2 Å². The zero-order chi connectivity index (χ0) is 42.2. The topological polar surface area (TPSA) is 187 Å². The van der Waals surface area contributed by atoms with Gasteiger partial charge in [0, 0.05) is 102 Å². The van der Waals surface area contributed by atoms with Crippen LogP contribution in [0.3, 0.4) is 0 Å². The van der Waals surface area contributed by atoms with Crippen molar-refractivity contribution in [3.05, 3.63) is 81.5 Å². The molecule has 3 aromatic heterocycles. The largest absolute Gasteiger partial charge is 0.508 e. The highest BCUT2D eigenvalue weighted by Gasteiger charge is 2.33. The summed E-state index contributed by atoms with van der Waals surface area (Å²) >= 11 is 1.69. The van der Waals surface area contributed by atoms with Crippen molar-refractivity contribution in [3.63, 3.8) is 0 Å². The predicted octanol–water partition coefficient (Wildman–Crippen LogP) is 4.19. The second-order valence-corrected chi connectivity index (χ2v) is 17.8. The van der Waals surface area contributed by atoms with Gasteiger partial charge in [0.15, 0.2) is 11.6 Å². The number of hydrogen-bond acceptors (Lipinski definition) is 15. The molecule has 0 aliphatic carbocycles. The Morgan fingerprint density at radius 1 is 0.852 bits per heavy atom. The number of nitrogen functional groups attached to an aromatic ring is 1. The van der Waals surface area contributed by atoms with Crippen molar-refractivity contribution in [2.75, 3.05) is 82.8 Å². The molecule has 0 spiro atoms. The van der Waals surface area contributed by atoms with Crippen LogP contribution in [0.5, 0.6) is 11.5 Å². The molecule has 3 saturated heterocycles. The molecular weight excluding hydrogens is 797 g/mol. The van der Waals surface area contributed by atoms with Crippen molar-refractivity contribution < 1.29 is 29.3 Å². The van der Waals surface area contributed by atoms with Crippen LogP contribution < -0.4 is 10.6 Å². The minimum Gasteiger partial charge on any atom is -0.508 e. The first-order valence-electron chi connectivity index (χ1n) is 21.1. The number of aromatic nitrogens is 4. The van der Waals surface area contributed by atoms with E-state index < -0.39 is 6.10 Å². The number of benzene rings is 2. The van der Waals surface area contributed by atoms with Gasteiger partial charge in [-0.2, -0.15) is 0 Å². The molecule has 4 aliphatic rings. The first-order chi connectivity index (χ1) is 29.6. The van der Waals surface area contributed by atoms with Crippen LogP contribution in [-0.4, -0.2) is 140 Å². The summed E-state index contributed by atoms with van der Waals surface area (Å²) in [5.41, 5.74) is 11.5. The molecule has 16 nitrogen and oxygen atoms in total. The Morgan fingerprint density at radius 3 is 2.46 bits per heavy atom. The maximum atomic E-state index is 14.0. The lowest BCUT2D eigenvalue weighted by atomic mass is 9.98. The molecule has 0 saturated carbocycles. The molecule has 2 amide bonds. The van der Waals surface area contributed by atoms with Gasteiger partial charge in [-0.15, -0.1) is 11.3 Å². The molecule has 1 atom stereocenters.